The lowest BCUT2D eigenvalue weighted by molar-refractivity contribution is -0.111. The van der Waals surface area contributed by atoms with E-state index in [-0.39, 0.29) is 12.5 Å². The number of amides is 1. The number of carbonyl (C=O) groups excluding carboxylic acids is 1. The van der Waals surface area contributed by atoms with Crippen LogP contribution in [-0.2, 0) is 4.79 Å². The van der Waals surface area contributed by atoms with Gasteiger partial charge in [-0.1, -0.05) is 18.7 Å². The van der Waals surface area contributed by atoms with Crippen LogP contribution in [0.25, 0.3) is 16.9 Å². The maximum atomic E-state index is 11.6. The molecule has 5 rings (SSSR count). The largest absolute Gasteiger partial charge is 0.395 e. The molecule has 184 valence electrons. The molecule has 4 aromatic rings. The van der Waals surface area contributed by atoms with Crippen molar-refractivity contribution in [3.63, 3.8) is 0 Å². The van der Waals surface area contributed by atoms with E-state index in [0.717, 1.165) is 55.3 Å². The molecule has 0 unspecified atom stereocenters. The number of aromatic nitrogens is 3. The molecule has 0 radical (unpaired) electrons. The number of nitrogens with one attached hydrogen (secondary N) is 2. The zero-order valence-electron chi connectivity index (χ0n) is 20.0. The molecule has 0 atom stereocenters. The zero-order valence-corrected chi connectivity index (χ0v) is 20.0. The number of aliphatic hydroxyl groups is 1. The summed E-state index contributed by atoms with van der Waals surface area (Å²) in [5, 5.41) is 15.3. The molecule has 3 heterocycles. The first-order valence-electron chi connectivity index (χ1n) is 11.9. The lowest BCUT2D eigenvalue weighted by Crippen LogP contribution is -2.47. The van der Waals surface area contributed by atoms with Crippen LogP contribution < -0.4 is 15.5 Å². The molecule has 9 nitrogen and oxygen atoms in total. The van der Waals surface area contributed by atoms with Gasteiger partial charge in [-0.2, -0.15) is 0 Å². The summed E-state index contributed by atoms with van der Waals surface area (Å²) >= 11 is 0. The highest BCUT2D eigenvalue weighted by molar-refractivity contribution is 5.99. The van der Waals surface area contributed by atoms with Gasteiger partial charge < -0.3 is 25.0 Å². The van der Waals surface area contributed by atoms with E-state index in [4.69, 9.17) is 5.11 Å². The first-order valence-corrected chi connectivity index (χ1v) is 11.9. The second kappa shape index (κ2) is 10.6. The van der Waals surface area contributed by atoms with E-state index < -0.39 is 0 Å². The van der Waals surface area contributed by atoms with Crippen molar-refractivity contribution in [2.24, 2.45) is 0 Å². The Bertz CT molecular complexity index is 1360. The summed E-state index contributed by atoms with van der Waals surface area (Å²) in [6, 6.07) is 15.9. The van der Waals surface area contributed by atoms with Crippen LogP contribution in [0.5, 0.6) is 0 Å². The summed E-state index contributed by atoms with van der Waals surface area (Å²) in [6.45, 7) is 8.28. The van der Waals surface area contributed by atoms with E-state index >= 15 is 0 Å². The average Bonchev–Trinajstić information content (AvgIpc) is 3.34. The Labute approximate surface area is 209 Å². The van der Waals surface area contributed by atoms with Gasteiger partial charge in [-0.05, 0) is 42.5 Å². The number of benzene rings is 2. The normalized spacial score (nSPS) is 14.1. The van der Waals surface area contributed by atoms with Crippen LogP contribution in [0, 0.1) is 0 Å². The Balaban J connectivity index is 1.26. The van der Waals surface area contributed by atoms with E-state index in [1.54, 1.807) is 6.20 Å². The Hall–Kier alpha value is -4.21. The van der Waals surface area contributed by atoms with Gasteiger partial charge in [0.1, 0.15) is 5.82 Å². The molecule has 0 aliphatic carbocycles. The number of hydrogen-bond acceptors (Lipinski definition) is 7. The predicted molar refractivity (Wildman–Crippen MR) is 143 cm³/mol. The summed E-state index contributed by atoms with van der Waals surface area (Å²) in [4.78, 5) is 25.5. The minimum atomic E-state index is -0.254. The number of rotatable bonds is 8. The number of piperazine rings is 1. The van der Waals surface area contributed by atoms with E-state index in [1.807, 2.05) is 41.1 Å². The van der Waals surface area contributed by atoms with Crippen molar-refractivity contribution in [3.05, 3.63) is 79.8 Å². The Morgan fingerprint density at radius 3 is 2.61 bits per heavy atom. The molecule has 1 aliphatic heterocycles. The van der Waals surface area contributed by atoms with Gasteiger partial charge in [0.25, 0.3) is 0 Å². The number of hydrogen-bond donors (Lipinski definition) is 3. The van der Waals surface area contributed by atoms with Gasteiger partial charge in [-0.25, -0.2) is 9.97 Å². The molecule has 1 amide bonds. The smallest absolute Gasteiger partial charge is 0.247 e. The summed E-state index contributed by atoms with van der Waals surface area (Å²) in [5.74, 6) is 0.458. The van der Waals surface area contributed by atoms with Gasteiger partial charge in [-0.15, -0.1) is 0 Å². The van der Waals surface area contributed by atoms with Crippen LogP contribution in [0.4, 0.5) is 22.9 Å². The van der Waals surface area contributed by atoms with Crippen molar-refractivity contribution in [1.29, 1.82) is 0 Å². The second-order valence-electron chi connectivity index (χ2n) is 8.66. The van der Waals surface area contributed by atoms with Crippen molar-refractivity contribution in [3.8, 4) is 11.3 Å². The number of β-amino-alcohol motifs (C(OH)–C–C–N with tert-alkyl or cyclic N) is 1. The van der Waals surface area contributed by atoms with Gasteiger partial charge in [-0.3, -0.25) is 9.69 Å². The molecule has 0 spiro atoms. The van der Waals surface area contributed by atoms with Crippen molar-refractivity contribution >= 4 is 34.4 Å². The quantitative estimate of drug-likeness (QED) is 0.331. The summed E-state index contributed by atoms with van der Waals surface area (Å²) < 4.78 is 1.93. The molecular formula is C27H29N7O2. The fourth-order valence-electron chi connectivity index (χ4n) is 4.33. The van der Waals surface area contributed by atoms with Crippen molar-refractivity contribution in [2.45, 2.75) is 0 Å². The molecule has 1 aliphatic rings. The van der Waals surface area contributed by atoms with Crippen LogP contribution in [0.1, 0.15) is 0 Å². The molecule has 1 saturated heterocycles. The summed E-state index contributed by atoms with van der Waals surface area (Å²) in [6.07, 6.45) is 6.82. The van der Waals surface area contributed by atoms with Crippen LogP contribution in [-0.4, -0.2) is 69.6 Å². The maximum absolute atomic E-state index is 11.6. The molecule has 0 saturated carbocycles. The average molecular weight is 484 g/mol. The van der Waals surface area contributed by atoms with Gasteiger partial charge in [0.15, 0.2) is 5.65 Å². The second-order valence-corrected chi connectivity index (χ2v) is 8.66. The minimum absolute atomic E-state index is 0.212. The van der Waals surface area contributed by atoms with Crippen molar-refractivity contribution in [1.82, 2.24) is 19.3 Å². The number of aliphatic hydroxyl groups excluding tert-OH is 1. The van der Waals surface area contributed by atoms with Gasteiger partial charge >= 0.3 is 0 Å². The fourth-order valence-corrected chi connectivity index (χ4v) is 4.33. The predicted octanol–water partition coefficient (Wildman–Crippen LogP) is 3.38. The summed E-state index contributed by atoms with van der Waals surface area (Å²) in [5.41, 5.74) is 5.24. The fraction of sp³-hybridized carbons (Fsp3) is 0.222. The first kappa shape index (κ1) is 23.5. The minimum Gasteiger partial charge on any atom is -0.395 e. The van der Waals surface area contributed by atoms with Crippen LogP contribution in [0.15, 0.2) is 79.8 Å². The highest BCUT2D eigenvalue weighted by atomic mass is 16.3. The first-order chi connectivity index (χ1) is 17.6. The van der Waals surface area contributed by atoms with Crippen LogP contribution in [0.2, 0.25) is 0 Å². The number of imidazole rings is 1. The molecule has 2 aromatic carbocycles. The van der Waals surface area contributed by atoms with Crippen molar-refractivity contribution < 1.29 is 9.90 Å². The standard InChI is InChI=1S/C27H29N7O2/c1-2-27(36)30-22-5-3-4-20(16-22)24-18-34-19-25(28-17-26(34)31-24)29-21-6-8-23(9-7-21)33-12-10-32(11-13-33)14-15-35/h2-9,16-19,29,35H,1,10-15H2,(H,30,36). The van der Waals surface area contributed by atoms with E-state index in [0.29, 0.717) is 11.5 Å². The zero-order chi connectivity index (χ0) is 24.9. The Morgan fingerprint density at radius 2 is 1.86 bits per heavy atom. The molecule has 2 aromatic heterocycles. The van der Waals surface area contributed by atoms with Crippen LogP contribution in [0.3, 0.4) is 0 Å². The van der Waals surface area contributed by atoms with Gasteiger partial charge in [0, 0.05) is 61.5 Å². The number of fused-ring (bicyclic) bond motifs is 1. The van der Waals surface area contributed by atoms with Gasteiger partial charge in [0.2, 0.25) is 5.91 Å². The monoisotopic (exact) mass is 483 g/mol. The molecular weight excluding hydrogens is 454 g/mol. The van der Waals surface area contributed by atoms with Crippen molar-refractivity contribution in [2.75, 3.05) is 54.9 Å². The third-order valence-electron chi connectivity index (χ3n) is 6.25. The third-order valence-corrected chi connectivity index (χ3v) is 6.25. The van der Waals surface area contributed by atoms with E-state index in [1.165, 1.54) is 11.8 Å². The number of nitrogens with zero attached hydrogens (tertiary/aromatic N) is 5. The van der Waals surface area contributed by atoms with Crippen LogP contribution >= 0.6 is 0 Å². The summed E-state index contributed by atoms with van der Waals surface area (Å²) in [7, 11) is 0. The highest BCUT2D eigenvalue weighted by Crippen LogP contribution is 2.25. The van der Waals surface area contributed by atoms with E-state index in [2.05, 4.69) is 61.2 Å². The van der Waals surface area contributed by atoms with Gasteiger partial charge in [0.05, 0.1) is 24.7 Å². The number of anilines is 4. The molecule has 0 bridgehead atoms. The topological polar surface area (TPSA) is 98.0 Å². The Kier molecular flexibility index (Phi) is 6.92. The lowest BCUT2D eigenvalue weighted by atomic mass is 10.1. The molecule has 36 heavy (non-hydrogen) atoms. The third kappa shape index (κ3) is 5.37. The molecule has 3 N–H and O–H groups in total. The SMILES string of the molecule is C=CC(=O)Nc1cccc(-c2cn3cc(Nc4ccc(N5CCN(CCO)CC5)cc4)ncc3n2)c1. The maximum Gasteiger partial charge on any atom is 0.247 e. The lowest BCUT2D eigenvalue weighted by Gasteiger charge is -2.35. The molecule has 1 fully saturated rings. The highest BCUT2D eigenvalue weighted by Gasteiger charge is 2.16. The Morgan fingerprint density at radius 1 is 1.06 bits per heavy atom. The van der Waals surface area contributed by atoms with E-state index in [9.17, 15) is 4.79 Å². The molecule has 9 heteroatoms. The number of carbonyl (C=O) groups is 1.